The second kappa shape index (κ2) is 9.89. The van der Waals surface area contributed by atoms with Crippen LogP contribution >= 0.6 is 0 Å². The highest BCUT2D eigenvalue weighted by molar-refractivity contribution is 6.24. The standard InChI is InChI=1S/C23H28N4O4/c28-21(24-11-4-12-26-13-15-31-16-14-26)10-9-19-22(29)27(23(30)25-19)20-8-3-6-17-5-1-2-7-18(17)20/h1-3,5-8,19H,4,9-16H2,(H,24,28)(H,25,30)/t19-/m1/s1. The topological polar surface area (TPSA) is 91.0 Å². The van der Waals surface area contributed by atoms with Crippen LogP contribution in [0.3, 0.4) is 0 Å². The van der Waals surface area contributed by atoms with Crippen LogP contribution in [-0.4, -0.2) is 68.2 Å². The number of anilines is 1. The van der Waals surface area contributed by atoms with Crippen molar-refractivity contribution >= 4 is 34.3 Å². The van der Waals surface area contributed by atoms with E-state index >= 15 is 0 Å². The Morgan fingerprint density at radius 2 is 1.87 bits per heavy atom. The van der Waals surface area contributed by atoms with Crippen LogP contribution in [0.4, 0.5) is 10.5 Å². The van der Waals surface area contributed by atoms with Gasteiger partial charge in [0, 0.05) is 31.4 Å². The minimum Gasteiger partial charge on any atom is -0.379 e. The number of carbonyl (C=O) groups excluding carboxylic acids is 3. The van der Waals surface area contributed by atoms with Crippen molar-refractivity contribution in [2.75, 3.05) is 44.3 Å². The molecule has 164 valence electrons. The van der Waals surface area contributed by atoms with Crippen LogP contribution in [0.1, 0.15) is 19.3 Å². The Kier molecular flexibility index (Phi) is 6.79. The van der Waals surface area contributed by atoms with Crippen LogP contribution < -0.4 is 15.5 Å². The first-order chi connectivity index (χ1) is 15.1. The summed E-state index contributed by atoms with van der Waals surface area (Å²) in [7, 11) is 0. The molecular weight excluding hydrogens is 396 g/mol. The van der Waals surface area contributed by atoms with Gasteiger partial charge in [0.15, 0.2) is 0 Å². The Labute approximate surface area is 181 Å². The molecule has 2 aromatic rings. The van der Waals surface area contributed by atoms with Crippen molar-refractivity contribution in [3.05, 3.63) is 42.5 Å². The van der Waals surface area contributed by atoms with Gasteiger partial charge in [-0.05, 0) is 30.8 Å². The van der Waals surface area contributed by atoms with Crippen molar-refractivity contribution in [3.8, 4) is 0 Å². The molecule has 2 saturated heterocycles. The monoisotopic (exact) mass is 424 g/mol. The first kappa shape index (κ1) is 21.3. The van der Waals surface area contributed by atoms with E-state index in [1.165, 1.54) is 4.90 Å². The predicted molar refractivity (Wildman–Crippen MR) is 118 cm³/mol. The molecule has 0 aliphatic carbocycles. The summed E-state index contributed by atoms with van der Waals surface area (Å²) in [6.45, 7) is 4.94. The number of nitrogens with zero attached hydrogens (tertiary/aromatic N) is 2. The highest BCUT2D eigenvalue weighted by Gasteiger charge is 2.39. The van der Waals surface area contributed by atoms with Gasteiger partial charge in [0.05, 0.1) is 18.9 Å². The SMILES string of the molecule is O=C(CC[C@H]1NC(=O)N(c2cccc3ccccc23)C1=O)NCCCN1CCOCC1. The summed E-state index contributed by atoms with van der Waals surface area (Å²) >= 11 is 0. The third kappa shape index (κ3) is 5.03. The van der Waals surface area contributed by atoms with E-state index in [-0.39, 0.29) is 24.7 Å². The average Bonchev–Trinajstić information content (AvgIpc) is 3.08. The van der Waals surface area contributed by atoms with E-state index in [2.05, 4.69) is 15.5 Å². The number of morpholine rings is 1. The fraction of sp³-hybridized carbons (Fsp3) is 0.435. The van der Waals surface area contributed by atoms with E-state index in [9.17, 15) is 14.4 Å². The smallest absolute Gasteiger partial charge is 0.329 e. The molecule has 2 heterocycles. The summed E-state index contributed by atoms with van der Waals surface area (Å²) in [4.78, 5) is 41.1. The molecule has 2 fully saturated rings. The van der Waals surface area contributed by atoms with E-state index in [1.54, 1.807) is 6.07 Å². The van der Waals surface area contributed by atoms with Crippen molar-refractivity contribution < 1.29 is 19.1 Å². The molecule has 2 N–H and O–H groups in total. The average molecular weight is 425 g/mol. The molecule has 2 aliphatic rings. The van der Waals surface area contributed by atoms with Gasteiger partial charge >= 0.3 is 6.03 Å². The molecular formula is C23H28N4O4. The second-order valence-electron chi connectivity index (χ2n) is 7.87. The van der Waals surface area contributed by atoms with Crippen LogP contribution in [-0.2, 0) is 14.3 Å². The van der Waals surface area contributed by atoms with Crippen LogP contribution in [0, 0.1) is 0 Å². The van der Waals surface area contributed by atoms with E-state index in [0.29, 0.717) is 12.2 Å². The summed E-state index contributed by atoms with van der Waals surface area (Å²) in [5, 5.41) is 7.43. The molecule has 4 amide bonds. The quantitative estimate of drug-likeness (QED) is 0.499. The number of hydrogen-bond donors (Lipinski definition) is 2. The number of hydrogen-bond acceptors (Lipinski definition) is 5. The number of benzene rings is 2. The number of amides is 4. The van der Waals surface area contributed by atoms with Gasteiger partial charge in [0.1, 0.15) is 6.04 Å². The Morgan fingerprint density at radius 3 is 2.71 bits per heavy atom. The molecule has 2 aromatic carbocycles. The van der Waals surface area contributed by atoms with Crippen LogP contribution in [0.15, 0.2) is 42.5 Å². The van der Waals surface area contributed by atoms with Crippen LogP contribution in [0.25, 0.3) is 10.8 Å². The molecule has 4 rings (SSSR count). The van der Waals surface area contributed by atoms with Crippen molar-refractivity contribution in [1.82, 2.24) is 15.5 Å². The van der Waals surface area contributed by atoms with Crippen molar-refractivity contribution in [1.29, 1.82) is 0 Å². The fourth-order valence-electron chi connectivity index (χ4n) is 4.08. The summed E-state index contributed by atoms with van der Waals surface area (Å²) < 4.78 is 5.33. The molecule has 31 heavy (non-hydrogen) atoms. The number of imide groups is 1. The largest absolute Gasteiger partial charge is 0.379 e. The third-order valence-corrected chi connectivity index (χ3v) is 5.76. The minimum absolute atomic E-state index is 0.104. The number of nitrogens with one attached hydrogen (secondary N) is 2. The van der Waals surface area contributed by atoms with Gasteiger partial charge in [-0.2, -0.15) is 0 Å². The van der Waals surface area contributed by atoms with Crippen molar-refractivity contribution in [2.45, 2.75) is 25.3 Å². The van der Waals surface area contributed by atoms with E-state index in [4.69, 9.17) is 4.74 Å². The molecule has 0 spiro atoms. The zero-order valence-corrected chi connectivity index (χ0v) is 17.5. The first-order valence-corrected chi connectivity index (χ1v) is 10.8. The van der Waals surface area contributed by atoms with Gasteiger partial charge < -0.3 is 15.4 Å². The molecule has 1 atom stereocenters. The number of urea groups is 1. The van der Waals surface area contributed by atoms with Gasteiger partial charge in [0.25, 0.3) is 5.91 Å². The van der Waals surface area contributed by atoms with Gasteiger partial charge in [0.2, 0.25) is 5.91 Å². The lowest BCUT2D eigenvalue weighted by molar-refractivity contribution is -0.121. The molecule has 0 bridgehead atoms. The Morgan fingerprint density at radius 1 is 1.10 bits per heavy atom. The Bertz CT molecular complexity index is 952. The highest BCUT2D eigenvalue weighted by atomic mass is 16.5. The maximum absolute atomic E-state index is 12.9. The summed E-state index contributed by atoms with van der Waals surface area (Å²) in [6, 6.07) is 12.0. The molecule has 0 unspecified atom stereocenters. The molecule has 8 heteroatoms. The molecule has 8 nitrogen and oxygen atoms in total. The number of ether oxygens (including phenoxy) is 1. The van der Waals surface area contributed by atoms with E-state index in [1.807, 2.05) is 36.4 Å². The zero-order chi connectivity index (χ0) is 21.6. The molecule has 0 radical (unpaired) electrons. The summed E-state index contributed by atoms with van der Waals surface area (Å²) in [5.74, 6) is -0.422. The second-order valence-corrected chi connectivity index (χ2v) is 7.87. The van der Waals surface area contributed by atoms with Gasteiger partial charge in [-0.15, -0.1) is 0 Å². The summed E-state index contributed by atoms with van der Waals surface area (Å²) in [6.07, 6.45) is 1.35. The van der Waals surface area contributed by atoms with E-state index < -0.39 is 12.1 Å². The zero-order valence-electron chi connectivity index (χ0n) is 17.5. The maximum atomic E-state index is 12.9. The lowest BCUT2D eigenvalue weighted by Crippen LogP contribution is -2.38. The van der Waals surface area contributed by atoms with Crippen LogP contribution in [0.5, 0.6) is 0 Å². The Balaban J connectivity index is 1.26. The lowest BCUT2D eigenvalue weighted by atomic mass is 10.1. The van der Waals surface area contributed by atoms with E-state index in [0.717, 1.165) is 50.0 Å². The highest BCUT2D eigenvalue weighted by Crippen LogP contribution is 2.29. The number of rotatable bonds is 8. The van der Waals surface area contributed by atoms with Crippen molar-refractivity contribution in [3.63, 3.8) is 0 Å². The molecule has 2 aliphatic heterocycles. The normalized spacial score (nSPS) is 19.6. The number of fused-ring (bicyclic) bond motifs is 1. The van der Waals surface area contributed by atoms with Crippen LogP contribution in [0.2, 0.25) is 0 Å². The minimum atomic E-state index is -0.689. The Hall–Kier alpha value is -2.97. The molecule has 0 aromatic heterocycles. The predicted octanol–water partition coefficient (Wildman–Crippen LogP) is 1.88. The van der Waals surface area contributed by atoms with Gasteiger partial charge in [-0.3, -0.25) is 14.5 Å². The summed E-state index contributed by atoms with van der Waals surface area (Å²) in [5.41, 5.74) is 0.565. The fourth-order valence-corrected chi connectivity index (χ4v) is 4.08. The lowest BCUT2D eigenvalue weighted by Gasteiger charge is -2.26. The third-order valence-electron chi connectivity index (χ3n) is 5.76. The number of carbonyl (C=O) groups is 3. The maximum Gasteiger partial charge on any atom is 0.329 e. The molecule has 0 saturated carbocycles. The van der Waals surface area contributed by atoms with Crippen molar-refractivity contribution in [2.24, 2.45) is 0 Å². The van der Waals surface area contributed by atoms with Gasteiger partial charge in [-0.25, -0.2) is 9.69 Å². The first-order valence-electron chi connectivity index (χ1n) is 10.8. The van der Waals surface area contributed by atoms with Gasteiger partial charge in [-0.1, -0.05) is 36.4 Å².